The van der Waals surface area contributed by atoms with E-state index in [0.29, 0.717) is 17.3 Å². The number of aromatic amines is 1. The molecule has 7 nitrogen and oxygen atoms in total. The summed E-state index contributed by atoms with van der Waals surface area (Å²) < 4.78 is 5.09. The van der Waals surface area contributed by atoms with E-state index in [0.717, 1.165) is 27.3 Å². The van der Waals surface area contributed by atoms with E-state index in [9.17, 15) is 4.79 Å². The van der Waals surface area contributed by atoms with Gasteiger partial charge < -0.3 is 14.8 Å². The molecule has 0 aliphatic carbocycles. The SMILES string of the molecule is Cc1noc(C)c1CC(=O)Nc1nnc(Cc2c[nH]c3ccccc23)s1. The van der Waals surface area contributed by atoms with Gasteiger partial charge in [-0.15, -0.1) is 10.2 Å². The first-order valence-electron chi connectivity index (χ1n) is 8.19. The van der Waals surface area contributed by atoms with Crippen molar-refractivity contribution >= 4 is 33.3 Å². The first-order chi connectivity index (χ1) is 12.6. The van der Waals surface area contributed by atoms with Gasteiger partial charge in [-0.05, 0) is 25.5 Å². The Hall–Kier alpha value is -3.00. The summed E-state index contributed by atoms with van der Waals surface area (Å²) in [6.07, 6.45) is 2.86. The molecule has 0 unspecified atom stereocenters. The topological polar surface area (TPSA) is 96.7 Å². The van der Waals surface area contributed by atoms with Gasteiger partial charge in [-0.25, -0.2) is 0 Å². The lowest BCUT2D eigenvalue weighted by atomic mass is 10.1. The van der Waals surface area contributed by atoms with Gasteiger partial charge in [0.25, 0.3) is 0 Å². The van der Waals surface area contributed by atoms with Gasteiger partial charge >= 0.3 is 0 Å². The lowest BCUT2D eigenvalue weighted by Crippen LogP contribution is -2.15. The molecular weight excluding hydrogens is 350 g/mol. The number of nitrogens with zero attached hydrogens (tertiary/aromatic N) is 3. The summed E-state index contributed by atoms with van der Waals surface area (Å²) in [5.74, 6) is 0.504. The largest absolute Gasteiger partial charge is 0.361 e. The van der Waals surface area contributed by atoms with Crippen molar-refractivity contribution in [2.24, 2.45) is 0 Å². The van der Waals surface area contributed by atoms with Gasteiger partial charge in [0, 0.05) is 29.1 Å². The van der Waals surface area contributed by atoms with Crippen molar-refractivity contribution in [2.45, 2.75) is 26.7 Å². The summed E-state index contributed by atoms with van der Waals surface area (Å²) in [7, 11) is 0. The number of para-hydroxylation sites is 1. The zero-order valence-electron chi connectivity index (χ0n) is 14.4. The monoisotopic (exact) mass is 367 g/mol. The summed E-state index contributed by atoms with van der Waals surface area (Å²) in [4.78, 5) is 15.5. The van der Waals surface area contributed by atoms with Crippen molar-refractivity contribution in [3.8, 4) is 0 Å². The highest BCUT2D eigenvalue weighted by Crippen LogP contribution is 2.24. The van der Waals surface area contributed by atoms with E-state index in [2.05, 4.69) is 31.7 Å². The molecule has 1 amide bonds. The molecule has 0 spiro atoms. The van der Waals surface area contributed by atoms with Gasteiger partial charge in [-0.1, -0.05) is 34.7 Å². The smallest absolute Gasteiger partial charge is 0.230 e. The number of aromatic nitrogens is 4. The van der Waals surface area contributed by atoms with Crippen molar-refractivity contribution in [1.82, 2.24) is 20.3 Å². The Morgan fingerprint density at radius 1 is 1.27 bits per heavy atom. The standard InChI is InChI=1S/C18H17N5O2S/c1-10-14(11(2)25-23-10)8-16(24)20-18-22-21-17(26-18)7-12-9-19-15-6-4-3-5-13(12)15/h3-6,9,19H,7-8H2,1-2H3,(H,20,22,24). The van der Waals surface area contributed by atoms with Crippen molar-refractivity contribution in [1.29, 1.82) is 0 Å². The van der Waals surface area contributed by atoms with Crippen LogP contribution >= 0.6 is 11.3 Å². The zero-order chi connectivity index (χ0) is 18.1. The molecule has 8 heteroatoms. The number of carbonyl (C=O) groups excluding carboxylic acids is 1. The van der Waals surface area contributed by atoms with Crippen LogP contribution in [0.1, 0.15) is 27.6 Å². The fraction of sp³-hybridized carbons (Fsp3) is 0.222. The van der Waals surface area contributed by atoms with Crippen LogP contribution < -0.4 is 5.32 Å². The molecule has 26 heavy (non-hydrogen) atoms. The summed E-state index contributed by atoms with van der Waals surface area (Å²) in [5.41, 5.74) is 3.80. The summed E-state index contributed by atoms with van der Waals surface area (Å²) in [5, 5.41) is 17.5. The van der Waals surface area contributed by atoms with E-state index in [-0.39, 0.29) is 12.3 Å². The van der Waals surface area contributed by atoms with Crippen LogP contribution in [0.2, 0.25) is 0 Å². The third-order valence-corrected chi connectivity index (χ3v) is 5.09. The van der Waals surface area contributed by atoms with Gasteiger partial charge in [0.2, 0.25) is 11.0 Å². The lowest BCUT2D eigenvalue weighted by molar-refractivity contribution is -0.115. The second-order valence-electron chi connectivity index (χ2n) is 6.06. The maximum Gasteiger partial charge on any atom is 0.230 e. The lowest BCUT2D eigenvalue weighted by Gasteiger charge is -2.00. The molecule has 132 valence electrons. The minimum absolute atomic E-state index is 0.158. The number of benzene rings is 1. The number of carbonyl (C=O) groups is 1. The molecule has 3 heterocycles. The maximum absolute atomic E-state index is 12.2. The highest BCUT2D eigenvalue weighted by atomic mass is 32.1. The van der Waals surface area contributed by atoms with Gasteiger partial charge in [0.05, 0.1) is 12.1 Å². The average molecular weight is 367 g/mol. The molecule has 0 bridgehead atoms. The number of H-pyrrole nitrogens is 1. The average Bonchev–Trinajstić information content (AvgIpc) is 3.32. The molecule has 1 aromatic carbocycles. The van der Waals surface area contributed by atoms with Gasteiger partial charge in [0.15, 0.2) is 0 Å². The van der Waals surface area contributed by atoms with Crippen molar-refractivity contribution in [3.05, 3.63) is 58.1 Å². The molecule has 0 saturated heterocycles. The molecule has 3 aromatic heterocycles. The molecule has 0 radical (unpaired) electrons. The summed E-state index contributed by atoms with van der Waals surface area (Å²) in [6.45, 7) is 3.62. The van der Waals surface area contributed by atoms with Crippen LogP contribution in [0.25, 0.3) is 10.9 Å². The highest BCUT2D eigenvalue weighted by Gasteiger charge is 2.15. The van der Waals surface area contributed by atoms with Gasteiger partial charge in [-0.2, -0.15) is 0 Å². The van der Waals surface area contributed by atoms with Crippen LogP contribution in [0.4, 0.5) is 5.13 Å². The number of hydrogen-bond acceptors (Lipinski definition) is 6. The normalized spacial score (nSPS) is 11.2. The molecule has 0 saturated carbocycles. The van der Waals surface area contributed by atoms with E-state index < -0.39 is 0 Å². The minimum atomic E-state index is -0.158. The summed E-state index contributed by atoms with van der Waals surface area (Å²) in [6, 6.07) is 8.13. The molecule has 0 atom stereocenters. The first kappa shape index (κ1) is 16.5. The van der Waals surface area contributed by atoms with Crippen molar-refractivity contribution in [3.63, 3.8) is 0 Å². The Labute approximate surface area is 153 Å². The van der Waals surface area contributed by atoms with Crippen LogP contribution in [0.15, 0.2) is 35.0 Å². The molecule has 0 aliphatic rings. The fourth-order valence-corrected chi connectivity index (χ4v) is 3.67. The molecule has 2 N–H and O–H groups in total. The van der Waals surface area contributed by atoms with E-state index in [1.807, 2.05) is 31.3 Å². The Morgan fingerprint density at radius 3 is 2.92 bits per heavy atom. The maximum atomic E-state index is 12.2. The number of rotatable bonds is 5. The molecule has 0 aliphatic heterocycles. The Morgan fingerprint density at radius 2 is 2.12 bits per heavy atom. The van der Waals surface area contributed by atoms with E-state index >= 15 is 0 Å². The second-order valence-corrected chi connectivity index (χ2v) is 7.13. The van der Waals surface area contributed by atoms with E-state index in [4.69, 9.17) is 4.52 Å². The number of amides is 1. The van der Waals surface area contributed by atoms with Crippen molar-refractivity contribution in [2.75, 3.05) is 5.32 Å². The van der Waals surface area contributed by atoms with Gasteiger partial charge in [-0.3, -0.25) is 4.79 Å². The number of nitrogens with one attached hydrogen (secondary N) is 2. The molecular formula is C18H17N5O2S. The molecule has 4 rings (SSSR count). The van der Waals surface area contributed by atoms with Crippen LogP contribution in [0.5, 0.6) is 0 Å². The number of hydrogen-bond donors (Lipinski definition) is 2. The number of fused-ring (bicyclic) bond motifs is 1. The number of aryl methyl sites for hydroxylation is 2. The van der Waals surface area contributed by atoms with Crippen LogP contribution in [0.3, 0.4) is 0 Å². The van der Waals surface area contributed by atoms with Crippen LogP contribution in [-0.4, -0.2) is 26.2 Å². The number of anilines is 1. The minimum Gasteiger partial charge on any atom is -0.361 e. The predicted octanol–water partition coefficient (Wildman–Crippen LogP) is 3.40. The van der Waals surface area contributed by atoms with Crippen molar-refractivity contribution < 1.29 is 9.32 Å². The Balaban J connectivity index is 1.44. The highest BCUT2D eigenvalue weighted by molar-refractivity contribution is 7.15. The Bertz CT molecular complexity index is 1060. The van der Waals surface area contributed by atoms with Gasteiger partial charge in [0.1, 0.15) is 10.8 Å². The third kappa shape index (κ3) is 3.23. The molecule has 4 aromatic rings. The molecule has 0 fully saturated rings. The summed E-state index contributed by atoms with van der Waals surface area (Å²) >= 11 is 1.38. The van der Waals surface area contributed by atoms with E-state index in [1.54, 1.807) is 6.92 Å². The first-order valence-corrected chi connectivity index (χ1v) is 9.01. The predicted molar refractivity (Wildman–Crippen MR) is 99.3 cm³/mol. The fourth-order valence-electron chi connectivity index (χ4n) is 2.89. The second kappa shape index (κ2) is 6.72. The Kier molecular flexibility index (Phi) is 4.26. The van der Waals surface area contributed by atoms with Crippen LogP contribution in [0, 0.1) is 13.8 Å². The van der Waals surface area contributed by atoms with Crippen LogP contribution in [-0.2, 0) is 17.6 Å². The van der Waals surface area contributed by atoms with E-state index in [1.165, 1.54) is 16.7 Å². The quantitative estimate of drug-likeness (QED) is 0.563. The zero-order valence-corrected chi connectivity index (χ0v) is 15.2. The third-order valence-electron chi connectivity index (χ3n) is 4.25.